The summed E-state index contributed by atoms with van der Waals surface area (Å²) < 4.78 is 5.47. The maximum absolute atomic E-state index is 6.07. The zero-order valence-corrected chi connectivity index (χ0v) is 20.7. The van der Waals surface area contributed by atoms with Gasteiger partial charge in [-0.25, -0.2) is 0 Å². The van der Waals surface area contributed by atoms with Gasteiger partial charge in [-0.15, -0.1) is 0 Å². The molecule has 0 amide bonds. The van der Waals surface area contributed by atoms with Crippen molar-refractivity contribution in [3.8, 4) is 0 Å². The first-order valence-electron chi connectivity index (χ1n) is 9.48. The fourth-order valence-corrected chi connectivity index (χ4v) is 7.71. The topological polar surface area (TPSA) is 0 Å². The van der Waals surface area contributed by atoms with Gasteiger partial charge in [-0.05, 0) is 0 Å². The number of fused-ring (bicyclic) bond motifs is 2. The van der Waals surface area contributed by atoms with Gasteiger partial charge in [0.2, 0.25) is 0 Å². The normalized spacial score (nSPS) is 11.3. The monoisotopic (exact) mass is 558 g/mol. The Balaban J connectivity index is 1.60. The first-order valence-corrected chi connectivity index (χ1v) is 13.7. The van der Waals surface area contributed by atoms with Crippen molar-refractivity contribution < 1.29 is 0 Å². The summed E-state index contributed by atoms with van der Waals surface area (Å²) >= 11 is 12.6. The van der Waals surface area contributed by atoms with Crippen LogP contribution in [0.1, 0.15) is 0 Å². The van der Waals surface area contributed by atoms with Crippen molar-refractivity contribution in [2.75, 3.05) is 0 Å². The molecule has 0 aliphatic rings. The van der Waals surface area contributed by atoms with Crippen LogP contribution in [0.4, 0.5) is 0 Å². The molecule has 30 heavy (non-hydrogen) atoms. The predicted octanol–water partition coefficient (Wildman–Crippen LogP) is 4.61. The zero-order chi connectivity index (χ0) is 20.5. The Bertz CT molecular complexity index is 1240. The average molecular weight is 557 g/mol. The number of hydrogen-bond acceptors (Lipinski definition) is 0. The van der Waals surface area contributed by atoms with Gasteiger partial charge < -0.3 is 0 Å². The van der Waals surface area contributed by atoms with Gasteiger partial charge in [0, 0.05) is 0 Å². The van der Waals surface area contributed by atoms with Gasteiger partial charge in [0.15, 0.2) is 0 Å². The Morgan fingerprint density at radius 1 is 0.467 bits per heavy atom. The van der Waals surface area contributed by atoms with Gasteiger partial charge >= 0.3 is 200 Å². The molecule has 0 spiro atoms. The van der Waals surface area contributed by atoms with Crippen LogP contribution in [0.15, 0.2) is 97.1 Å². The van der Waals surface area contributed by atoms with Crippen molar-refractivity contribution in [2.24, 2.45) is 0 Å². The molecule has 0 saturated heterocycles. The van der Waals surface area contributed by atoms with E-state index in [0.717, 1.165) is 10.0 Å². The van der Waals surface area contributed by atoms with Gasteiger partial charge in [0.25, 0.3) is 0 Å². The van der Waals surface area contributed by atoms with E-state index in [9.17, 15) is 0 Å². The summed E-state index contributed by atoms with van der Waals surface area (Å²) in [5, 5.41) is 6.86. The van der Waals surface area contributed by atoms with Gasteiger partial charge in [-0.3, -0.25) is 0 Å². The van der Waals surface area contributed by atoms with Crippen molar-refractivity contribution in [3.63, 3.8) is 0 Å². The third-order valence-electron chi connectivity index (χ3n) is 4.88. The van der Waals surface area contributed by atoms with E-state index >= 15 is 0 Å². The molecule has 5 aromatic carbocycles. The van der Waals surface area contributed by atoms with E-state index in [-0.39, 0.29) is 29.9 Å². The summed E-state index contributed by atoms with van der Waals surface area (Å²) in [6.07, 6.45) is 0. The molecule has 5 rings (SSSR count). The number of hydrogen-bond donors (Lipinski definition) is 0. The van der Waals surface area contributed by atoms with E-state index in [1.807, 2.05) is 24.3 Å². The minimum absolute atomic E-state index is 0.230. The molecule has 0 N–H and O–H groups in total. The summed E-state index contributed by atoms with van der Waals surface area (Å²) in [5.74, 6) is 0. The van der Waals surface area contributed by atoms with Crippen LogP contribution in [0.3, 0.4) is 0 Å². The third-order valence-corrected chi connectivity index (χ3v) is 9.93. The minimum atomic E-state index is 0.230. The Hall–Kier alpha value is -1.76. The van der Waals surface area contributed by atoms with Crippen molar-refractivity contribution in [1.82, 2.24) is 0 Å². The Kier molecular flexibility index (Phi) is 5.89. The van der Waals surface area contributed by atoms with Gasteiger partial charge in [-0.1, -0.05) is 0 Å². The summed E-state index contributed by atoms with van der Waals surface area (Å²) in [6.45, 7) is 0. The molecule has 146 valence electrons. The van der Waals surface area contributed by atoms with Crippen LogP contribution in [-0.2, 0) is 0 Å². The summed E-state index contributed by atoms with van der Waals surface area (Å²) in [5.41, 5.74) is 0. The molecule has 0 nitrogen and oxygen atoms in total. The molecule has 0 unspecified atom stereocenters. The number of benzene rings is 5. The molecule has 0 aliphatic carbocycles. The fraction of sp³-hybridized carbons (Fsp3) is 0. The first-order chi connectivity index (χ1) is 14.7. The quantitative estimate of drug-likeness (QED) is 0.224. The fourth-order valence-electron chi connectivity index (χ4n) is 3.43. The zero-order valence-electron chi connectivity index (χ0n) is 15.8. The Morgan fingerprint density at radius 3 is 1.33 bits per heavy atom. The Morgan fingerprint density at radius 2 is 0.900 bits per heavy atom. The maximum atomic E-state index is 6.07. The van der Waals surface area contributed by atoms with Crippen LogP contribution in [0.2, 0.25) is 10.0 Å². The van der Waals surface area contributed by atoms with Crippen molar-refractivity contribution >= 4 is 92.5 Å². The predicted molar refractivity (Wildman–Crippen MR) is 134 cm³/mol. The summed E-state index contributed by atoms with van der Waals surface area (Å²) in [6, 6.07) is 34.5. The van der Waals surface area contributed by atoms with Crippen LogP contribution < -0.4 is 17.8 Å². The molecule has 5 aromatic rings. The van der Waals surface area contributed by atoms with E-state index in [2.05, 4.69) is 72.8 Å². The SMILES string of the molecule is Clc1ccc([Se]c2cccc3cc4cccc([Se]c5ccc(Cl)cc5)c4cc23)cc1. The third kappa shape index (κ3) is 4.31. The van der Waals surface area contributed by atoms with Gasteiger partial charge in [0.1, 0.15) is 0 Å². The molecular weight excluding hydrogens is 541 g/mol. The van der Waals surface area contributed by atoms with Gasteiger partial charge in [-0.2, -0.15) is 0 Å². The van der Waals surface area contributed by atoms with Crippen LogP contribution in [0, 0.1) is 0 Å². The van der Waals surface area contributed by atoms with Crippen molar-refractivity contribution in [2.45, 2.75) is 0 Å². The second-order valence-electron chi connectivity index (χ2n) is 6.92. The average Bonchev–Trinajstić information content (AvgIpc) is 2.76. The summed E-state index contributed by atoms with van der Waals surface area (Å²) in [4.78, 5) is 0. The van der Waals surface area contributed by atoms with Gasteiger partial charge in [0.05, 0.1) is 0 Å². The second-order valence-corrected chi connectivity index (χ2v) is 12.5. The van der Waals surface area contributed by atoms with E-state index in [1.54, 1.807) is 0 Å². The molecule has 4 heteroatoms. The number of rotatable bonds is 4. The first kappa shape index (κ1) is 20.2. The van der Waals surface area contributed by atoms with Crippen molar-refractivity contribution in [3.05, 3.63) is 107 Å². The molecule has 0 radical (unpaired) electrons. The van der Waals surface area contributed by atoms with E-state index < -0.39 is 0 Å². The second kappa shape index (κ2) is 8.77. The molecule has 0 bridgehead atoms. The van der Waals surface area contributed by atoms with E-state index in [1.165, 1.54) is 39.4 Å². The summed E-state index contributed by atoms with van der Waals surface area (Å²) in [7, 11) is 0. The molecule has 0 aliphatic heterocycles. The molecule has 0 fully saturated rings. The molecule has 0 aromatic heterocycles. The van der Waals surface area contributed by atoms with Crippen LogP contribution >= 0.6 is 23.2 Å². The molecule has 0 atom stereocenters. The van der Waals surface area contributed by atoms with Crippen LogP contribution in [0.5, 0.6) is 0 Å². The molecule has 0 saturated carbocycles. The van der Waals surface area contributed by atoms with Crippen LogP contribution in [-0.4, -0.2) is 29.9 Å². The standard InChI is InChI=1S/C26H16Cl2Se2/c27-19-7-11-21(12-8-19)29-25-5-1-3-17-15-18-4-2-6-26(24(18)16-23(17)25)30-22-13-9-20(28)10-14-22/h1-16H. The molecule has 0 heterocycles. The molecular formula is C26H16Cl2Se2. The van der Waals surface area contributed by atoms with Crippen molar-refractivity contribution in [1.29, 1.82) is 0 Å². The van der Waals surface area contributed by atoms with E-state index in [4.69, 9.17) is 23.2 Å². The number of halogens is 2. The van der Waals surface area contributed by atoms with Crippen LogP contribution in [0.25, 0.3) is 21.5 Å². The van der Waals surface area contributed by atoms with E-state index in [0.29, 0.717) is 0 Å². The Labute approximate surface area is 198 Å².